The first-order chi connectivity index (χ1) is 12.2. The standard InChI is InChI=1S/C19H30FN5.HI/c20-16-6-8-18(9-7-16)25-14-12-24(13-15-25)11-10-22-19(21)23-17-4-2-1-3-5-17;/h6-9,17H,1-5,10-15H2,(H3,21,22,23);1H. The first-order valence-corrected chi connectivity index (χ1v) is 9.50. The van der Waals surface area contributed by atoms with Crippen molar-refractivity contribution in [2.45, 2.75) is 38.1 Å². The van der Waals surface area contributed by atoms with Gasteiger partial charge in [-0.1, -0.05) is 19.3 Å². The lowest BCUT2D eigenvalue weighted by Crippen LogP contribution is -2.47. The molecule has 1 saturated heterocycles. The van der Waals surface area contributed by atoms with Crippen LogP contribution in [0.5, 0.6) is 0 Å². The first-order valence-electron chi connectivity index (χ1n) is 9.50. The summed E-state index contributed by atoms with van der Waals surface area (Å²) in [6, 6.07) is 7.27. The molecule has 1 aliphatic heterocycles. The fourth-order valence-corrected chi connectivity index (χ4v) is 3.70. The van der Waals surface area contributed by atoms with Crippen molar-refractivity contribution in [3.05, 3.63) is 30.1 Å². The van der Waals surface area contributed by atoms with Crippen LogP contribution in [0.2, 0.25) is 0 Å². The van der Waals surface area contributed by atoms with E-state index in [4.69, 9.17) is 5.73 Å². The van der Waals surface area contributed by atoms with Crippen LogP contribution in [0, 0.1) is 5.82 Å². The van der Waals surface area contributed by atoms with Gasteiger partial charge in [-0.15, -0.1) is 24.0 Å². The van der Waals surface area contributed by atoms with Crippen molar-refractivity contribution in [3.8, 4) is 0 Å². The lowest BCUT2D eigenvalue weighted by atomic mass is 9.96. The van der Waals surface area contributed by atoms with E-state index in [1.54, 1.807) is 0 Å². The number of benzene rings is 1. The fourth-order valence-electron chi connectivity index (χ4n) is 3.70. The number of rotatable bonds is 5. The second-order valence-electron chi connectivity index (χ2n) is 7.05. The minimum atomic E-state index is -0.181. The number of aliphatic imine (C=N–C) groups is 1. The van der Waals surface area contributed by atoms with Crippen molar-refractivity contribution in [2.75, 3.05) is 44.2 Å². The Kier molecular flexibility index (Phi) is 8.90. The number of nitrogens with two attached hydrogens (primary N) is 1. The highest BCUT2D eigenvalue weighted by Crippen LogP contribution is 2.17. The van der Waals surface area contributed by atoms with Gasteiger partial charge in [0.2, 0.25) is 0 Å². The maximum absolute atomic E-state index is 13.0. The average molecular weight is 475 g/mol. The van der Waals surface area contributed by atoms with E-state index in [1.165, 1.54) is 44.2 Å². The Morgan fingerprint density at radius 2 is 1.73 bits per heavy atom. The molecule has 3 N–H and O–H groups in total. The van der Waals surface area contributed by atoms with Crippen LogP contribution in [0.1, 0.15) is 32.1 Å². The molecule has 3 rings (SSSR count). The molecule has 2 aliphatic rings. The number of guanidine groups is 1. The van der Waals surface area contributed by atoms with Gasteiger partial charge in [0.15, 0.2) is 5.96 Å². The Morgan fingerprint density at radius 3 is 2.38 bits per heavy atom. The van der Waals surface area contributed by atoms with Gasteiger partial charge in [-0.2, -0.15) is 0 Å². The summed E-state index contributed by atoms with van der Waals surface area (Å²) in [5.74, 6) is 0.413. The zero-order valence-corrected chi connectivity index (χ0v) is 17.7. The van der Waals surface area contributed by atoms with Gasteiger partial charge in [-0.3, -0.25) is 9.89 Å². The normalized spacial score (nSPS) is 19.9. The Labute approximate surface area is 173 Å². The maximum atomic E-state index is 13.0. The molecule has 0 aromatic heterocycles. The predicted molar refractivity (Wildman–Crippen MR) is 117 cm³/mol. The summed E-state index contributed by atoms with van der Waals surface area (Å²) < 4.78 is 13.0. The highest BCUT2D eigenvalue weighted by atomic mass is 127. The van der Waals surface area contributed by atoms with Crippen molar-refractivity contribution < 1.29 is 4.39 Å². The molecule has 1 aliphatic carbocycles. The highest BCUT2D eigenvalue weighted by molar-refractivity contribution is 14.0. The minimum Gasteiger partial charge on any atom is -0.370 e. The van der Waals surface area contributed by atoms with Crippen LogP contribution in [0.3, 0.4) is 0 Å². The molecule has 7 heteroatoms. The molecule has 0 spiro atoms. The molecule has 1 aromatic rings. The Hall–Kier alpha value is -1.09. The molecule has 1 saturated carbocycles. The molecule has 0 amide bonds. The lowest BCUT2D eigenvalue weighted by molar-refractivity contribution is 0.265. The quantitative estimate of drug-likeness (QED) is 0.391. The topological polar surface area (TPSA) is 56.9 Å². The van der Waals surface area contributed by atoms with E-state index in [1.807, 2.05) is 12.1 Å². The smallest absolute Gasteiger partial charge is 0.188 e. The number of nitrogens with one attached hydrogen (secondary N) is 1. The third kappa shape index (κ3) is 6.57. The summed E-state index contributed by atoms with van der Waals surface area (Å²) in [4.78, 5) is 9.20. The maximum Gasteiger partial charge on any atom is 0.188 e. The number of hydrogen-bond donors (Lipinski definition) is 2. The van der Waals surface area contributed by atoms with Crippen LogP contribution in [-0.2, 0) is 0 Å². The molecule has 0 bridgehead atoms. The van der Waals surface area contributed by atoms with Gasteiger partial charge in [-0.05, 0) is 37.1 Å². The average Bonchev–Trinajstić information content (AvgIpc) is 2.64. The molecule has 2 fully saturated rings. The Bertz CT molecular complexity index is 552. The molecular formula is C19H31FIN5. The predicted octanol–water partition coefficient (Wildman–Crippen LogP) is 2.80. The highest BCUT2D eigenvalue weighted by Gasteiger charge is 2.17. The van der Waals surface area contributed by atoms with Crippen molar-refractivity contribution in [2.24, 2.45) is 10.7 Å². The molecular weight excluding hydrogens is 444 g/mol. The third-order valence-electron chi connectivity index (χ3n) is 5.22. The van der Waals surface area contributed by atoms with Crippen LogP contribution < -0.4 is 16.0 Å². The van der Waals surface area contributed by atoms with E-state index >= 15 is 0 Å². The largest absolute Gasteiger partial charge is 0.370 e. The van der Waals surface area contributed by atoms with Crippen molar-refractivity contribution >= 4 is 35.6 Å². The van der Waals surface area contributed by atoms with Crippen LogP contribution >= 0.6 is 24.0 Å². The van der Waals surface area contributed by atoms with E-state index in [0.29, 0.717) is 12.0 Å². The van der Waals surface area contributed by atoms with Crippen molar-refractivity contribution in [1.82, 2.24) is 10.2 Å². The molecule has 1 aromatic carbocycles. The van der Waals surface area contributed by atoms with E-state index in [-0.39, 0.29) is 29.8 Å². The van der Waals surface area contributed by atoms with Gasteiger partial charge in [0.25, 0.3) is 0 Å². The molecule has 0 radical (unpaired) electrons. The van der Waals surface area contributed by atoms with E-state index < -0.39 is 0 Å². The molecule has 26 heavy (non-hydrogen) atoms. The second kappa shape index (κ2) is 10.9. The van der Waals surface area contributed by atoms with E-state index in [9.17, 15) is 4.39 Å². The zero-order valence-electron chi connectivity index (χ0n) is 15.4. The third-order valence-corrected chi connectivity index (χ3v) is 5.22. The van der Waals surface area contributed by atoms with Crippen molar-refractivity contribution in [1.29, 1.82) is 0 Å². The van der Waals surface area contributed by atoms with Gasteiger partial charge in [0.1, 0.15) is 5.82 Å². The van der Waals surface area contributed by atoms with Crippen molar-refractivity contribution in [3.63, 3.8) is 0 Å². The van der Waals surface area contributed by atoms with Gasteiger partial charge < -0.3 is 16.0 Å². The molecule has 0 unspecified atom stereocenters. The number of halogens is 2. The monoisotopic (exact) mass is 475 g/mol. The lowest BCUT2D eigenvalue weighted by Gasteiger charge is -2.35. The summed E-state index contributed by atoms with van der Waals surface area (Å²) in [6.45, 7) is 5.61. The summed E-state index contributed by atoms with van der Waals surface area (Å²) in [5.41, 5.74) is 7.11. The number of hydrogen-bond acceptors (Lipinski definition) is 3. The molecule has 0 atom stereocenters. The van der Waals surface area contributed by atoms with Crippen LogP contribution in [0.4, 0.5) is 10.1 Å². The fraction of sp³-hybridized carbons (Fsp3) is 0.632. The second-order valence-corrected chi connectivity index (χ2v) is 7.05. The summed E-state index contributed by atoms with van der Waals surface area (Å²) in [5, 5.41) is 3.36. The summed E-state index contributed by atoms with van der Waals surface area (Å²) >= 11 is 0. The van der Waals surface area contributed by atoms with Gasteiger partial charge in [0.05, 0.1) is 6.54 Å². The van der Waals surface area contributed by atoms with Gasteiger partial charge in [-0.25, -0.2) is 4.39 Å². The first kappa shape index (κ1) is 21.2. The number of piperazine rings is 1. The van der Waals surface area contributed by atoms with Crippen LogP contribution in [0.15, 0.2) is 29.3 Å². The molecule has 5 nitrogen and oxygen atoms in total. The molecule has 146 valence electrons. The van der Waals surface area contributed by atoms with Crippen LogP contribution in [0.25, 0.3) is 0 Å². The van der Waals surface area contributed by atoms with Gasteiger partial charge in [0, 0.05) is 44.5 Å². The summed E-state index contributed by atoms with van der Waals surface area (Å²) in [7, 11) is 0. The Balaban J connectivity index is 0.00000243. The molecule has 1 heterocycles. The van der Waals surface area contributed by atoms with Gasteiger partial charge >= 0.3 is 0 Å². The van der Waals surface area contributed by atoms with E-state index in [2.05, 4.69) is 20.1 Å². The van der Waals surface area contributed by atoms with Crippen LogP contribution in [-0.4, -0.2) is 56.2 Å². The summed E-state index contributed by atoms with van der Waals surface area (Å²) in [6.07, 6.45) is 6.36. The van der Waals surface area contributed by atoms with E-state index in [0.717, 1.165) is 45.0 Å². The zero-order chi connectivity index (χ0) is 17.5. The SMILES string of the molecule is I.NC(=NCCN1CCN(c2ccc(F)cc2)CC1)NC1CCCCC1. The number of anilines is 1. The Morgan fingerprint density at radius 1 is 1.08 bits per heavy atom. The minimum absolute atomic E-state index is 0. The number of nitrogens with zero attached hydrogens (tertiary/aromatic N) is 3.